The van der Waals surface area contributed by atoms with Crippen molar-refractivity contribution < 1.29 is 18.0 Å². The van der Waals surface area contributed by atoms with Gasteiger partial charge >= 0.3 is 6.18 Å². The molecule has 20 heavy (non-hydrogen) atoms. The average Bonchev–Trinajstić information content (AvgIpc) is 2.36. The van der Waals surface area contributed by atoms with Crippen molar-refractivity contribution in [3.8, 4) is 0 Å². The van der Waals surface area contributed by atoms with Gasteiger partial charge in [0, 0.05) is 17.1 Å². The minimum Gasteiger partial charge on any atom is -0.350 e. The molecule has 1 atom stereocenters. The first-order valence-electron chi connectivity index (χ1n) is 6.09. The summed E-state index contributed by atoms with van der Waals surface area (Å²) >= 11 is 5.81. The molecule has 0 aliphatic rings. The van der Waals surface area contributed by atoms with E-state index in [0.717, 1.165) is 24.6 Å². The van der Waals surface area contributed by atoms with Crippen LogP contribution in [0.3, 0.4) is 0 Å². The van der Waals surface area contributed by atoms with Crippen LogP contribution in [0.25, 0.3) is 6.08 Å². The molecule has 1 aromatic carbocycles. The predicted molar refractivity (Wildman–Crippen MR) is 73.4 cm³/mol. The van der Waals surface area contributed by atoms with Crippen LogP contribution in [0.1, 0.15) is 31.4 Å². The van der Waals surface area contributed by atoms with E-state index in [9.17, 15) is 18.0 Å². The van der Waals surface area contributed by atoms with E-state index in [2.05, 4.69) is 5.32 Å². The summed E-state index contributed by atoms with van der Waals surface area (Å²) in [5.74, 6) is -0.368. The molecule has 1 unspecified atom stereocenters. The van der Waals surface area contributed by atoms with Crippen molar-refractivity contribution in [3.63, 3.8) is 0 Å². The number of hydrogen-bond donors (Lipinski definition) is 1. The van der Waals surface area contributed by atoms with Crippen LogP contribution in [0.15, 0.2) is 24.3 Å². The monoisotopic (exact) mass is 305 g/mol. The van der Waals surface area contributed by atoms with E-state index in [4.69, 9.17) is 11.6 Å². The van der Waals surface area contributed by atoms with Crippen molar-refractivity contribution in [2.45, 2.75) is 32.5 Å². The molecule has 1 N–H and O–H groups in total. The van der Waals surface area contributed by atoms with Crippen molar-refractivity contribution in [1.82, 2.24) is 5.32 Å². The molecule has 0 aliphatic carbocycles. The third-order valence-electron chi connectivity index (χ3n) is 2.74. The van der Waals surface area contributed by atoms with Crippen LogP contribution in [0.4, 0.5) is 13.2 Å². The first-order chi connectivity index (χ1) is 9.24. The summed E-state index contributed by atoms with van der Waals surface area (Å²) in [4.78, 5) is 11.5. The largest absolute Gasteiger partial charge is 0.416 e. The van der Waals surface area contributed by atoms with Gasteiger partial charge in [0.25, 0.3) is 0 Å². The van der Waals surface area contributed by atoms with Gasteiger partial charge in [0.1, 0.15) is 0 Å². The van der Waals surface area contributed by atoms with Crippen LogP contribution in [0.5, 0.6) is 0 Å². The van der Waals surface area contributed by atoms with Crippen LogP contribution in [-0.2, 0) is 11.0 Å². The Morgan fingerprint density at radius 3 is 2.65 bits per heavy atom. The summed E-state index contributed by atoms with van der Waals surface area (Å²) in [5.41, 5.74) is -0.648. The summed E-state index contributed by atoms with van der Waals surface area (Å²) < 4.78 is 37.7. The molecule has 0 bridgehead atoms. The number of halogens is 4. The van der Waals surface area contributed by atoms with Crippen molar-refractivity contribution in [1.29, 1.82) is 0 Å². The maximum absolute atomic E-state index is 12.6. The number of amides is 1. The summed E-state index contributed by atoms with van der Waals surface area (Å²) in [5, 5.41) is 2.83. The van der Waals surface area contributed by atoms with Crippen LogP contribution >= 0.6 is 11.6 Å². The van der Waals surface area contributed by atoms with Crippen LogP contribution in [0, 0.1) is 0 Å². The van der Waals surface area contributed by atoms with Crippen LogP contribution in [0.2, 0.25) is 5.02 Å². The highest BCUT2D eigenvalue weighted by molar-refractivity contribution is 6.32. The average molecular weight is 306 g/mol. The fourth-order valence-electron chi connectivity index (χ4n) is 1.41. The normalized spacial score (nSPS) is 13.5. The number of alkyl halides is 3. The van der Waals surface area contributed by atoms with Crippen LogP contribution < -0.4 is 5.32 Å². The van der Waals surface area contributed by atoms with Gasteiger partial charge in [0.05, 0.1) is 5.56 Å². The van der Waals surface area contributed by atoms with Gasteiger partial charge in [-0.2, -0.15) is 13.2 Å². The van der Waals surface area contributed by atoms with Gasteiger partial charge in [-0.25, -0.2) is 0 Å². The molecule has 2 nitrogen and oxygen atoms in total. The fraction of sp³-hybridized carbons (Fsp3) is 0.357. The lowest BCUT2D eigenvalue weighted by molar-refractivity contribution is -0.137. The van der Waals surface area contributed by atoms with Gasteiger partial charge in [-0.1, -0.05) is 18.5 Å². The lowest BCUT2D eigenvalue weighted by Gasteiger charge is -2.09. The second-order valence-electron chi connectivity index (χ2n) is 4.39. The number of carbonyl (C=O) groups excluding carboxylic acids is 1. The zero-order valence-electron chi connectivity index (χ0n) is 11.1. The van der Waals surface area contributed by atoms with E-state index in [1.807, 2.05) is 13.8 Å². The maximum atomic E-state index is 12.6. The smallest absolute Gasteiger partial charge is 0.350 e. The molecule has 0 saturated heterocycles. The Labute approximate surface area is 120 Å². The third-order valence-corrected chi connectivity index (χ3v) is 3.08. The Bertz CT molecular complexity index is 512. The van der Waals surface area contributed by atoms with E-state index in [1.54, 1.807) is 0 Å². The van der Waals surface area contributed by atoms with Gasteiger partial charge in [-0.3, -0.25) is 4.79 Å². The van der Waals surface area contributed by atoms with E-state index in [1.165, 1.54) is 12.2 Å². The second kappa shape index (κ2) is 6.79. The summed E-state index contributed by atoms with van der Waals surface area (Å²) in [6, 6.07) is 2.98. The first-order valence-corrected chi connectivity index (χ1v) is 6.47. The Kier molecular flexibility index (Phi) is 5.62. The van der Waals surface area contributed by atoms with Crippen molar-refractivity contribution in [3.05, 3.63) is 40.4 Å². The molecule has 0 saturated carbocycles. The SMILES string of the molecule is CCC(C)NC(=O)C=Cc1cc(C(F)(F)F)ccc1Cl. The number of benzene rings is 1. The highest BCUT2D eigenvalue weighted by Crippen LogP contribution is 2.32. The summed E-state index contributed by atoms with van der Waals surface area (Å²) in [6.45, 7) is 3.75. The second-order valence-corrected chi connectivity index (χ2v) is 4.79. The van der Waals surface area contributed by atoms with Crippen molar-refractivity contribution in [2.24, 2.45) is 0 Å². The highest BCUT2D eigenvalue weighted by Gasteiger charge is 2.30. The molecule has 1 rings (SSSR count). The molecule has 0 radical (unpaired) electrons. The van der Waals surface area contributed by atoms with Crippen molar-refractivity contribution in [2.75, 3.05) is 0 Å². The number of hydrogen-bond acceptors (Lipinski definition) is 1. The maximum Gasteiger partial charge on any atom is 0.416 e. The Hall–Kier alpha value is -1.49. The molecule has 1 aromatic rings. The lowest BCUT2D eigenvalue weighted by atomic mass is 10.1. The summed E-state index contributed by atoms with van der Waals surface area (Å²) in [6.07, 6.45) is -1.22. The van der Waals surface area contributed by atoms with Gasteiger partial charge in [-0.15, -0.1) is 0 Å². The zero-order chi connectivity index (χ0) is 15.3. The predicted octanol–water partition coefficient (Wildman–Crippen LogP) is 4.29. The molecule has 6 heteroatoms. The number of carbonyl (C=O) groups is 1. The van der Waals surface area contributed by atoms with E-state index in [-0.39, 0.29) is 22.5 Å². The van der Waals surface area contributed by atoms with Crippen LogP contribution in [-0.4, -0.2) is 11.9 Å². The molecule has 0 aliphatic heterocycles. The standard InChI is InChI=1S/C14H15ClF3NO/c1-3-9(2)19-13(20)7-4-10-8-11(14(16,17)18)5-6-12(10)15/h4-9H,3H2,1-2H3,(H,19,20). The molecule has 0 fully saturated rings. The molecule has 110 valence electrons. The number of rotatable bonds is 4. The Morgan fingerprint density at radius 2 is 2.10 bits per heavy atom. The highest BCUT2D eigenvalue weighted by atomic mass is 35.5. The minimum absolute atomic E-state index is 0.00383. The molecule has 0 heterocycles. The fourth-order valence-corrected chi connectivity index (χ4v) is 1.59. The first kappa shape index (κ1) is 16.6. The minimum atomic E-state index is -4.44. The van der Waals surface area contributed by atoms with Gasteiger partial charge < -0.3 is 5.32 Å². The van der Waals surface area contributed by atoms with Gasteiger partial charge in [0.15, 0.2) is 0 Å². The summed E-state index contributed by atoms with van der Waals surface area (Å²) in [7, 11) is 0. The molecular weight excluding hydrogens is 291 g/mol. The molecular formula is C14H15ClF3NO. The van der Waals surface area contributed by atoms with Crippen molar-refractivity contribution >= 4 is 23.6 Å². The van der Waals surface area contributed by atoms with Gasteiger partial charge in [-0.05, 0) is 43.2 Å². The van der Waals surface area contributed by atoms with Gasteiger partial charge in [0.2, 0.25) is 5.91 Å². The van der Waals surface area contributed by atoms with E-state index < -0.39 is 11.7 Å². The topological polar surface area (TPSA) is 29.1 Å². The molecule has 0 spiro atoms. The lowest BCUT2D eigenvalue weighted by Crippen LogP contribution is -2.30. The Morgan fingerprint density at radius 1 is 1.45 bits per heavy atom. The van der Waals surface area contributed by atoms with E-state index >= 15 is 0 Å². The van der Waals surface area contributed by atoms with E-state index in [0.29, 0.717) is 0 Å². The zero-order valence-corrected chi connectivity index (χ0v) is 11.8. The number of nitrogens with one attached hydrogen (secondary N) is 1. The quantitative estimate of drug-likeness (QED) is 0.826. The Balaban J connectivity index is 2.89. The third kappa shape index (κ3) is 4.89. The molecule has 1 amide bonds. The molecule has 0 aromatic heterocycles.